The predicted molar refractivity (Wildman–Crippen MR) is 114 cm³/mol. The number of carbonyl (C=O) groups is 1. The van der Waals surface area contributed by atoms with Gasteiger partial charge in [-0.15, -0.1) is 10.2 Å². The van der Waals surface area contributed by atoms with Crippen molar-refractivity contribution < 1.29 is 17.6 Å². The minimum absolute atomic E-state index is 0.0627. The van der Waals surface area contributed by atoms with Gasteiger partial charge in [-0.3, -0.25) is 9.36 Å². The highest BCUT2D eigenvalue weighted by atomic mass is 32.2. The number of amides is 1. The number of para-hydroxylation sites is 1. The number of hydrogen-bond acceptors (Lipinski definition) is 6. The Balaban J connectivity index is 1.79. The maximum atomic E-state index is 13.3. The highest BCUT2D eigenvalue weighted by Crippen LogP contribution is 2.23. The summed E-state index contributed by atoms with van der Waals surface area (Å²) in [5.41, 5.74) is 2.22. The van der Waals surface area contributed by atoms with Crippen LogP contribution in [-0.2, 0) is 21.4 Å². The van der Waals surface area contributed by atoms with Crippen molar-refractivity contribution in [3.05, 3.63) is 65.7 Å². The molecule has 0 atom stereocenters. The number of halogens is 1. The number of hydrogen-bond donors (Lipinski definition) is 2. The van der Waals surface area contributed by atoms with Crippen LogP contribution >= 0.6 is 11.8 Å². The van der Waals surface area contributed by atoms with Crippen LogP contribution < -0.4 is 10.0 Å². The molecule has 2 aromatic carbocycles. The van der Waals surface area contributed by atoms with Crippen molar-refractivity contribution in [1.29, 1.82) is 0 Å². The maximum Gasteiger partial charge on any atom is 0.234 e. The highest BCUT2D eigenvalue weighted by Gasteiger charge is 2.17. The van der Waals surface area contributed by atoms with Gasteiger partial charge in [0.25, 0.3) is 0 Å². The van der Waals surface area contributed by atoms with E-state index in [1.165, 1.54) is 24.3 Å². The lowest BCUT2D eigenvalue weighted by molar-refractivity contribution is -0.113. The summed E-state index contributed by atoms with van der Waals surface area (Å²) in [6.07, 6.45) is 1.04. The van der Waals surface area contributed by atoms with Gasteiger partial charge in [-0.1, -0.05) is 30.0 Å². The summed E-state index contributed by atoms with van der Waals surface area (Å²) >= 11 is 1.14. The largest absolute Gasteiger partial charge is 0.325 e. The number of thioether (sulfide) groups is 1. The van der Waals surface area contributed by atoms with Crippen LogP contribution in [0, 0.1) is 12.7 Å². The quantitative estimate of drug-likeness (QED) is 0.512. The molecule has 8 nitrogen and oxygen atoms in total. The van der Waals surface area contributed by atoms with Gasteiger partial charge < -0.3 is 5.32 Å². The smallest absolute Gasteiger partial charge is 0.234 e. The molecule has 0 radical (unpaired) electrons. The fraction of sp³-hybridized carbons (Fsp3) is 0.211. The summed E-state index contributed by atoms with van der Waals surface area (Å²) in [5.74, 6) is -0.255. The molecule has 0 spiro atoms. The second kappa shape index (κ2) is 9.37. The van der Waals surface area contributed by atoms with Gasteiger partial charge in [0.05, 0.1) is 18.6 Å². The maximum absolute atomic E-state index is 13.3. The first kappa shape index (κ1) is 21.9. The van der Waals surface area contributed by atoms with Crippen LogP contribution in [0.2, 0.25) is 0 Å². The Morgan fingerprint density at radius 1 is 1.13 bits per heavy atom. The Kier molecular flexibility index (Phi) is 6.85. The Bertz CT molecular complexity index is 1150. The highest BCUT2D eigenvalue weighted by molar-refractivity contribution is 7.99. The number of aromatic nitrogens is 3. The third-order valence-electron chi connectivity index (χ3n) is 4.03. The summed E-state index contributed by atoms with van der Waals surface area (Å²) < 4.78 is 40.2. The predicted octanol–water partition coefficient (Wildman–Crippen LogP) is 2.49. The molecule has 11 heteroatoms. The molecule has 30 heavy (non-hydrogen) atoms. The van der Waals surface area contributed by atoms with Gasteiger partial charge in [-0.2, -0.15) is 0 Å². The molecule has 0 fully saturated rings. The molecule has 1 amide bonds. The summed E-state index contributed by atoms with van der Waals surface area (Å²) in [4.78, 5) is 12.4. The summed E-state index contributed by atoms with van der Waals surface area (Å²) in [6, 6.07) is 13.0. The number of nitrogens with one attached hydrogen (secondary N) is 2. The number of aryl methyl sites for hydroxylation is 1. The van der Waals surface area contributed by atoms with E-state index in [0.717, 1.165) is 29.3 Å². The van der Waals surface area contributed by atoms with E-state index in [1.807, 2.05) is 31.2 Å². The van der Waals surface area contributed by atoms with E-state index < -0.39 is 15.8 Å². The van der Waals surface area contributed by atoms with E-state index >= 15 is 0 Å². The zero-order valence-electron chi connectivity index (χ0n) is 16.3. The molecule has 0 saturated carbocycles. The van der Waals surface area contributed by atoms with Gasteiger partial charge in [0.1, 0.15) is 5.82 Å². The van der Waals surface area contributed by atoms with Crippen LogP contribution in [0.5, 0.6) is 0 Å². The average molecular weight is 450 g/mol. The van der Waals surface area contributed by atoms with Gasteiger partial charge in [0.2, 0.25) is 15.9 Å². The zero-order valence-corrected chi connectivity index (χ0v) is 17.9. The molecule has 2 N–H and O–H groups in total. The second-order valence-corrected chi connectivity index (χ2v) is 9.23. The summed E-state index contributed by atoms with van der Waals surface area (Å²) in [7, 11) is -3.45. The molecule has 3 aromatic rings. The van der Waals surface area contributed by atoms with Gasteiger partial charge >= 0.3 is 0 Å². The van der Waals surface area contributed by atoms with E-state index in [-0.39, 0.29) is 18.2 Å². The van der Waals surface area contributed by atoms with Crippen LogP contribution in [0.25, 0.3) is 5.69 Å². The Labute approximate surface area is 178 Å². The monoisotopic (exact) mass is 449 g/mol. The van der Waals surface area contributed by atoms with Gasteiger partial charge in [-0.25, -0.2) is 17.5 Å². The van der Waals surface area contributed by atoms with E-state index in [2.05, 4.69) is 20.2 Å². The Morgan fingerprint density at radius 3 is 2.50 bits per heavy atom. The van der Waals surface area contributed by atoms with Crippen molar-refractivity contribution in [2.24, 2.45) is 0 Å². The third-order valence-corrected chi connectivity index (χ3v) is 5.63. The fourth-order valence-corrected chi connectivity index (χ4v) is 3.75. The van der Waals surface area contributed by atoms with Crippen molar-refractivity contribution in [2.75, 3.05) is 17.3 Å². The summed E-state index contributed by atoms with van der Waals surface area (Å²) in [5, 5.41) is 11.3. The normalized spacial score (nSPS) is 11.4. The SMILES string of the molecule is Cc1ccccc1NC(=O)CSc1nnc(CNS(C)(=O)=O)n1-c1ccc(F)cc1. The number of rotatable bonds is 8. The molecule has 0 unspecified atom stereocenters. The zero-order chi connectivity index (χ0) is 21.7. The standard InChI is InChI=1S/C19H20FN5O3S2/c1-13-5-3-4-6-16(13)22-18(26)12-29-19-24-23-17(11-21-30(2,27)28)25(19)15-9-7-14(20)8-10-15/h3-10,21H,11-12H2,1-2H3,(H,22,26). The lowest BCUT2D eigenvalue weighted by Crippen LogP contribution is -2.23. The van der Waals surface area contributed by atoms with Crippen LogP contribution in [0.15, 0.2) is 53.7 Å². The molecule has 0 aliphatic rings. The van der Waals surface area contributed by atoms with Crippen LogP contribution in [-0.4, -0.2) is 41.1 Å². The van der Waals surface area contributed by atoms with Crippen molar-refractivity contribution in [2.45, 2.75) is 18.6 Å². The van der Waals surface area contributed by atoms with Crippen LogP contribution in [0.4, 0.5) is 10.1 Å². The summed E-state index contributed by atoms with van der Waals surface area (Å²) in [6.45, 7) is 1.80. The van der Waals surface area contributed by atoms with Crippen molar-refractivity contribution in [3.63, 3.8) is 0 Å². The Morgan fingerprint density at radius 2 is 1.83 bits per heavy atom. The van der Waals surface area contributed by atoms with E-state index in [9.17, 15) is 17.6 Å². The number of sulfonamides is 1. The number of carbonyl (C=O) groups excluding carboxylic acids is 1. The topological polar surface area (TPSA) is 106 Å². The third kappa shape index (κ3) is 5.88. The van der Waals surface area contributed by atoms with Gasteiger partial charge in [0, 0.05) is 11.4 Å². The lowest BCUT2D eigenvalue weighted by Gasteiger charge is -2.11. The molecular formula is C19H20FN5O3S2. The van der Waals surface area contributed by atoms with E-state index in [4.69, 9.17) is 0 Å². The molecule has 0 saturated heterocycles. The van der Waals surface area contributed by atoms with Crippen molar-refractivity contribution in [1.82, 2.24) is 19.5 Å². The minimum atomic E-state index is -3.45. The van der Waals surface area contributed by atoms with Crippen LogP contribution in [0.3, 0.4) is 0 Å². The molecule has 0 aliphatic carbocycles. The van der Waals surface area contributed by atoms with Crippen molar-refractivity contribution >= 4 is 33.4 Å². The molecule has 0 aliphatic heterocycles. The lowest BCUT2D eigenvalue weighted by atomic mass is 10.2. The first-order valence-corrected chi connectivity index (χ1v) is 11.7. The van der Waals surface area contributed by atoms with Gasteiger partial charge in [-0.05, 0) is 42.8 Å². The van der Waals surface area contributed by atoms with Crippen molar-refractivity contribution in [3.8, 4) is 5.69 Å². The molecule has 3 rings (SSSR count). The Hall–Kier alpha value is -2.76. The molecular weight excluding hydrogens is 429 g/mol. The van der Waals surface area contributed by atoms with Gasteiger partial charge in [0.15, 0.2) is 11.0 Å². The van der Waals surface area contributed by atoms with E-state index in [0.29, 0.717) is 16.7 Å². The second-order valence-electron chi connectivity index (χ2n) is 6.46. The first-order valence-electron chi connectivity index (χ1n) is 8.86. The number of anilines is 1. The minimum Gasteiger partial charge on any atom is -0.325 e. The molecule has 1 aromatic heterocycles. The fourth-order valence-electron chi connectivity index (χ4n) is 2.58. The molecule has 0 bridgehead atoms. The molecule has 1 heterocycles. The first-order chi connectivity index (χ1) is 14.2. The number of benzene rings is 2. The van der Waals surface area contributed by atoms with Crippen LogP contribution in [0.1, 0.15) is 11.4 Å². The number of nitrogens with zero attached hydrogens (tertiary/aromatic N) is 3. The molecule has 158 valence electrons. The average Bonchev–Trinajstić information content (AvgIpc) is 3.10. The van der Waals surface area contributed by atoms with E-state index in [1.54, 1.807) is 4.57 Å².